The lowest BCUT2D eigenvalue weighted by molar-refractivity contribution is 0.412. The van der Waals surface area contributed by atoms with Gasteiger partial charge in [-0.25, -0.2) is 4.39 Å². The van der Waals surface area contributed by atoms with E-state index in [4.69, 9.17) is 4.74 Å². The van der Waals surface area contributed by atoms with E-state index in [-0.39, 0.29) is 11.4 Å². The van der Waals surface area contributed by atoms with Crippen molar-refractivity contribution < 1.29 is 13.7 Å². The molecule has 0 spiro atoms. The van der Waals surface area contributed by atoms with E-state index in [0.29, 0.717) is 5.75 Å². The van der Waals surface area contributed by atoms with Crippen LogP contribution >= 0.6 is 0 Å². The zero-order chi connectivity index (χ0) is 9.97. The molecule has 0 saturated carbocycles. The second-order valence-corrected chi connectivity index (χ2v) is 2.60. The summed E-state index contributed by atoms with van der Waals surface area (Å²) < 4.78 is 22.8. The zero-order valence-corrected chi connectivity index (χ0v) is 7.40. The molecule has 0 aliphatic carbocycles. The van der Waals surface area contributed by atoms with Gasteiger partial charge in [-0.2, -0.15) is 4.98 Å². The van der Waals surface area contributed by atoms with Crippen molar-refractivity contribution in [3.63, 3.8) is 0 Å². The number of hydrogen-bond acceptors (Lipinski definition) is 4. The highest BCUT2D eigenvalue weighted by atomic mass is 19.1. The third-order valence-electron chi connectivity index (χ3n) is 1.78. The fourth-order valence-electron chi connectivity index (χ4n) is 1.09. The molecule has 14 heavy (non-hydrogen) atoms. The fourth-order valence-corrected chi connectivity index (χ4v) is 1.09. The second kappa shape index (κ2) is 3.45. The number of aromatic nitrogens is 2. The number of rotatable bonds is 2. The van der Waals surface area contributed by atoms with Gasteiger partial charge in [-0.05, 0) is 18.2 Å². The highest BCUT2D eigenvalue weighted by Gasteiger charge is 2.10. The highest BCUT2D eigenvalue weighted by Crippen LogP contribution is 2.23. The van der Waals surface area contributed by atoms with Crippen molar-refractivity contribution in [3.8, 4) is 17.1 Å². The van der Waals surface area contributed by atoms with Gasteiger partial charge in [0.05, 0.1) is 12.7 Å². The first-order chi connectivity index (χ1) is 6.81. The molecule has 0 aliphatic rings. The molecule has 0 N–H and O–H groups in total. The first-order valence-electron chi connectivity index (χ1n) is 3.91. The van der Waals surface area contributed by atoms with Crippen molar-refractivity contribution in [3.05, 3.63) is 30.4 Å². The Bertz CT molecular complexity index is 428. The Balaban J connectivity index is 2.51. The molecule has 0 amide bonds. The second-order valence-electron chi connectivity index (χ2n) is 2.60. The van der Waals surface area contributed by atoms with Gasteiger partial charge in [-0.15, -0.1) is 0 Å². The average molecular weight is 194 g/mol. The van der Waals surface area contributed by atoms with Gasteiger partial charge in [-0.1, -0.05) is 5.16 Å². The van der Waals surface area contributed by atoms with E-state index in [1.807, 2.05) is 0 Å². The number of halogens is 1. The van der Waals surface area contributed by atoms with E-state index in [2.05, 4.69) is 14.7 Å². The van der Waals surface area contributed by atoms with Crippen LogP contribution in [0.4, 0.5) is 4.39 Å². The van der Waals surface area contributed by atoms with Gasteiger partial charge in [0.25, 0.3) is 0 Å². The molecule has 1 aromatic heterocycles. The average Bonchev–Trinajstić information content (AvgIpc) is 2.71. The lowest BCUT2D eigenvalue weighted by Crippen LogP contribution is -1.89. The Morgan fingerprint density at radius 1 is 1.43 bits per heavy atom. The summed E-state index contributed by atoms with van der Waals surface area (Å²) >= 11 is 0. The van der Waals surface area contributed by atoms with Gasteiger partial charge in [0.1, 0.15) is 11.6 Å². The minimum absolute atomic E-state index is 0.210. The maximum atomic E-state index is 13.3. The Morgan fingerprint density at radius 2 is 2.29 bits per heavy atom. The van der Waals surface area contributed by atoms with Crippen molar-refractivity contribution >= 4 is 0 Å². The molecular weight excluding hydrogens is 187 g/mol. The van der Waals surface area contributed by atoms with Crippen molar-refractivity contribution in [2.24, 2.45) is 0 Å². The minimum atomic E-state index is -0.410. The number of benzene rings is 1. The molecule has 0 aliphatic heterocycles. The van der Waals surface area contributed by atoms with Crippen LogP contribution in [0.1, 0.15) is 0 Å². The van der Waals surface area contributed by atoms with Crippen molar-refractivity contribution in [2.75, 3.05) is 7.11 Å². The summed E-state index contributed by atoms with van der Waals surface area (Å²) in [5.41, 5.74) is 0.262. The standard InChI is InChI=1S/C9H7FN2O2/c1-13-6-2-3-8(10)7(4-6)9-11-5-14-12-9/h2-5H,1H3. The van der Waals surface area contributed by atoms with Crippen LogP contribution in [0.3, 0.4) is 0 Å². The molecule has 72 valence electrons. The lowest BCUT2D eigenvalue weighted by atomic mass is 10.2. The number of methoxy groups -OCH3 is 1. The van der Waals surface area contributed by atoms with Gasteiger partial charge in [0.2, 0.25) is 12.2 Å². The van der Waals surface area contributed by atoms with E-state index >= 15 is 0 Å². The van der Waals surface area contributed by atoms with Crippen LogP contribution in [0, 0.1) is 5.82 Å². The lowest BCUT2D eigenvalue weighted by Gasteiger charge is -2.01. The van der Waals surface area contributed by atoms with Crippen LogP contribution in [-0.2, 0) is 0 Å². The largest absolute Gasteiger partial charge is 0.497 e. The quantitative estimate of drug-likeness (QED) is 0.732. The summed E-state index contributed by atoms with van der Waals surface area (Å²) in [7, 11) is 1.51. The normalized spacial score (nSPS) is 10.1. The Kier molecular flexibility index (Phi) is 2.14. The SMILES string of the molecule is COc1ccc(F)c(-c2ncon2)c1. The first-order valence-corrected chi connectivity index (χ1v) is 3.91. The van der Waals surface area contributed by atoms with Crippen molar-refractivity contribution in [2.45, 2.75) is 0 Å². The highest BCUT2D eigenvalue weighted by molar-refractivity contribution is 5.57. The predicted octanol–water partition coefficient (Wildman–Crippen LogP) is 1.88. The number of ether oxygens (including phenoxy) is 1. The summed E-state index contributed by atoms with van der Waals surface area (Å²) in [4.78, 5) is 3.75. The smallest absolute Gasteiger partial charge is 0.214 e. The summed E-state index contributed by atoms with van der Waals surface area (Å²) in [6.45, 7) is 0. The van der Waals surface area contributed by atoms with Crippen LogP contribution in [-0.4, -0.2) is 17.3 Å². The van der Waals surface area contributed by atoms with Crippen LogP contribution in [0.25, 0.3) is 11.4 Å². The molecule has 1 aromatic carbocycles. The third kappa shape index (κ3) is 1.44. The third-order valence-corrected chi connectivity index (χ3v) is 1.78. The van der Waals surface area contributed by atoms with E-state index in [1.54, 1.807) is 0 Å². The molecule has 4 nitrogen and oxygen atoms in total. The molecule has 0 fully saturated rings. The number of hydrogen-bond donors (Lipinski definition) is 0. The van der Waals surface area contributed by atoms with E-state index in [0.717, 1.165) is 6.39 Å². The van der Waals surface area contributed by atoms with Gasteiger partial charge >= 0.3 is 0 Å². The molecule has 0 radical (unpaired) electrons. The monoisotopic (exact) mass is 194 g/mol. The van der Waals surface area contributed by atoms with E-state index < -0.39 is 5.82 Å². The van der Waals surface area contributed by atoms with Crippen LogP contribution in [0.5, 0.6) is 5.75 Å². The van der Waals surface area contributed by atoms with Gasteiger partial charge in [0.15, 0.2) is 0 Å². The molecule has 2 rings (SSSR count). The maximum Gasteiger partial charge on any atom is 0.214 e. The van der Waals surface area contributed by atoms with Crippen LogP contribution in [0.15, 0.2) is 29.1 Å². The molecule has 0 saturated heterocycles. The molecule has 5 heteroatoms. The summed E-state index contributed by atoms with van der Waals surface area (Å²) in [6.07, 6.45) is 1.15. The van der Waals surface area contributed by atoms with Gasteiger partial charge in [0, 0.05) is 0 Å². The fraction of sp³-hybridized carbons (Fsp3) is 0.111. The zero-order valence-electron chi connectivity index (χ0n) is 7.40. The van der Waals surface area contributed by atoms with E-state index in [1.165, 1.54) is 25.3 Å². The van der Waals surface area contributed by atoms with Gasteiger partial charge < -0.3 is 9.26 Å². The van der Waals surface area contributed by atoms with Crippen LogP contribution in [0.2, 0.25) is 0 Å². The maximum absolute atomic E-state index is 13.3. The summed E-state index contributed by atoms with van der Waals surface area (Å²) in [5, 5.41) is 3.54. The Morgan fingerprint density at radius 3 is 2.93 bits per heavy atom. The van der Waals surface area contributed by atoms with Crippen LogP contribution < -0.4 is 4.74 Å². The predicted molar refractivity (Wildman–Crippen MR) is 46.2 cm³/mol. The molecule has 2 aromatic rings. The minimum Gasteiger partial charge on any atom is -0.497 e. The molecule has 0 unspecified atom stereocenters. The summed E-state index contributed by atoms with van der Waals surface area (Å²) in [5.74, 6) is 0.347. The van der Waals surface area contributed by atoms with Crippen molar-refractivity contribution in [1.29, 1.82) is 0 Å². The molecule has 0 bridgehead atoms. The Labute approximate surface area is 79.3 Å². The Hall–Kier alpha value is -1.91. The summed E-state index contributed by atoms with van der Waals surface area (Å²) in [6, 6.07) is 4.34. The molecule has 1 heterocycles. The first kappa shape index (κ1) is 8.68. The molecular formula is C9H7FN2O2. The molecule has 0 atom stereocenters. The van der Waals surface area contributed by atoms with Gasteiger partial charge in [-0.3, -0.25) is 0 Å². The topological polar surface area (TPSA) is 48.2 Å². The van der Waals surface area contributed by atoms with Crippen molar-refractivity contribution in [1.82, 2.24) is 10.1 Å². The number of nitrogens with zero attached hydrogens (tertiary/aromatic N) is 2. The van der Waals surface area contributed by atoms with E-state index in [9.17, 15) is 4.39 Å².